The number of hydrogen-bond donors (Lipinski definition) is 1. The van der Waals surface area contributed by atoms with E-state index in [1.165, 1.54) is 0 Å². The number of benzene rings is 1. The summed E-state index contributed by atoms with van der Waals surface area (Å²) in [6.45, 7) is 2.20. The third-order valence-electron chi connectivity index (χ3n) is 2.20. The van der Waals surface area contributed by atoms with Crippen molar-refractivity contribution in [3.05, 3.63) is 24.3 Å². The lowest BCUT2D eigenvalue weighted by Gasteiger charge is -2.07. The number of ether oxygens (including phenoxy) is 2. The molecule has 1 rings (SSSR count). The highest BCUT2D eigenvalue weighted by Gasteiger charge is 1.94. The summed E-state index contributed by atoms with van der Waals surface area (Å²) in [5, 5.41) is 5.34. The van der Waals surface area contributed by atoms with E-state index >= 15 is 0 Å². The van der Waals surface area contributed by atoms with Crippen LogP contribution in [0.3, 0.4) is 0 Å². The summed E-state index contributed by atoms with van der Waals surface area (Å²) in [5.41, 5.74) is 1.66. The van der Waals surface area contributed by atoms with E-state index in [9.17, 15) is 0 Å². The zero-order valence-corrected chi connectivity index (χ0v) is 12.1. The molecule has 0 aliphatic carbocycles. The molecule has 0 unspecified atom stereocenters. The second kappa shape index (κ2) is 11.5. The van der Waals surface area contributed by atoms with Crippen LogP contribution in [0.5, 0.6) is 0 Å². The zero-order chi connectivity index (χ0) is 14.5. The van der Waals surface area contributed by atoms with E-state index in [0.717, 1.165) is 11.4 Å². The molecule has 0 amide bonds. The molecule has 20 heavy (non-hydrogen) atoms. The fourth-order valence-corrected chi connectivity index (χ4v) is 1.36. The molecular formula is C13H18N2O4S. The van der Waals surface area contributed by atoms with Crippen molar-refractivity contribution < 1.29 is 19.2 Å². The van der Waals surface area contributed by atoms with Crippen molar-refractivity contribution in [2.45, 2.75) is 0 Å². The van der Waals surface area contributed by atoms with Gasteiger partial charge in [0.1, 0.15) is 6.61 Å². The van der Waals surface area contributed by atoms with Gasteiger partial charge in [-0.05, 0) is 36.5 Å². The molecule has 0 aliphatic rings. The second-order valence-corrected chi connectivity index (χ2v) is 3.80. The number of aliphatic imine (C=N–C) groups is 1. The molecule has 0 fully saturated rings. The van der Waals surface area contributed by atoms with Gasteiger partial charge in [0.2, 0.25) is 0 Å². The summed E-state index contributed by atoms with van der Waals surface area (Å²) in [6, 6.07) is 7.38. The van der Waals surface area contributed by atoms with Gasteiger partial charge < -0.3 is 14.8 Å². The second-order valence-electron chi connectivity index (χ2n) is 3.62. The van der Waals surface area contributed by atoms with Crippen LogP contribution in [0.4, 0.5) is 11.4 Å². The van der Waals surface area contributed by atoms with Crippen LogP contribution >= 0.6 is 12.2 Å². The van der Waals surface area contributed by atoms with Gasteiger partial charge in [-0.3, -0.25) is 0 Å². The Balaban J connectivity index is 2.02. The lowest BCUT2D eigenvalue weighted by Crippen LogP contribution is -2.11. The van der Waals surface area contributed by atoms with E-state index in [1.54, 1.807) is 7.11 Å². The number of rotatable bonds is 11. The number of methoxy groups -OCH3 is 1. The maximum absolute atomic E-state index is 5.20. The third kappa shape index (κ3) is 7.96. The van der Waals surface area contributed by atoms with Crippen LogP contribution in [0, 0.1) is 0 Å². The van der Waals surface area contributed by atoms with Gasteiger partial charge in [-0.25, -0.2) is 9.78 Å². The summed E-state index contributed by atoms with van der Waals surface area (Å²) in [7, 11) is 1.63. The predicted octanol–water partition coefficient (Wildman–Crippen LogP) is 2.40. The molecule has 0 radical (unpaired) electrons. The molecule has 0 bridgehead atoms. The van der Waals surface area contributed by atoms with Crippen LogP contribution in [-0.2, 0) is 19.2 Å². The largest absolute Gasteiger partial charge is 0.382 e. The maximum atomic E-state index is 5.20. The molecule has 6 nitrogen and oxygen atoms in total. The maximum Gasteiger partial charge on any atom is 0.152 e. The summed E-state index contributed by atoms with van der Waals surface area (Å²) in [5.74, 6) is 0. The minimum absolute atomic E-state index is 0.244. The van der Waals surface area contributed by atoms with Gasteiger partial charge in [0.25, 0.3) is 0 Å². The van der Waals surface area contributed by atoms with Crippen molar-refractivity contribution >= 4 is 28.8 Å². The van der Waals surface area contributed by atoms with E-state index in [4.69, 9.17) is 19.2 Å². The van der Waals surface area contributed by atoms with Crippen molar-refractivity contribution in [2.24, 2.45) is 4.99 Å². The SMILES string of the molecule is COCCOCCOOCNc1ccc(N=C=S)cc1. The molecule has 1 aromatic carbocycles. The molecular weight excluding hydrogens is 280 g/mol. The van der Waals surface area contributed by atoms with Crippen molar-refractivity contribution in [3.8, 4) is 0 Å². The number of thiocarbonyl (C=S) groups is 1. The lowest BCUT2D eigenvalue weighted by molar-refractivity contribution is -0.294. The van der Waals surface area contributed by atoms with Crippen LogP contribution < -0.4 is 5.32 Å². The van der Waals surface area contributed by atoms with E-state index in [-0.39, 0.29) is 6.73 Å². The molecule has 7 heteroatoms. The van der Waals surface area contributed by atoms with Gasteiger partial charge in [-0.1, -0.05) is 0 Å². The highest BCUT2D eigenvalue weighted by atomic mass is 32.1. The van der Waals surface area contributed by atoms with Crippen molar-refractivity contribution in [3.63, 3.8) is 0 Å². The monoisotopic (exact) mass is 298 g/mol. The number of nitrogens with zero attached hydrogens (tertiary/aromatic N) is 1. The molecule has 0 saturated carbocycles. The highest BCUT2D eigenvalue weighted by molar-refractivity contribution is 7.78. The topological polar surface area (TPSA) is 61.3 Å². The van der Waals surface area contributed by atoms with Crippen molar-refractivity contribution in [2.75, 3.05) is 45.6 Å². The van der Waals surface area contributed by atoms with Gasteiger partial charge in [0, 0.05) is 12.8 Å². The molecule has 0 heterocycles. The number of hydrogen-bond acceptors (Lipinski definition) is 7. The Labute approximate surface area is 123 Å². The fourth-order valence-electron chi connectivity index (χ4n) is 1.26. The van der Waals surface area contributed by atoms with E-state index in [1.807, 2.05) is 24.3 Å². The van der Waals surface area contributed by atoms with E-state index < -0.39 is 0 Å². The van der Waals surface area contributed by atoms with Crippen molar-refractivity contribution in [1.29, 1.82) is 0 Å². The first-order valence-electron chi connectivity index (χ1n) is 6.09. The summed E-state index contributed by atoms with van der Waals surface area (Å²) in [6.07, 6.45) is 0. The smallest absolute Gasteiger partial charge is 0.152 e. The first-order valence-corrected chi connectivity index (χ1v) is 6.50. The van der Waals surface area contributed by atoms with Gasteiger partial charge >= 0.3 is 0 Å². The number of nitrogens with one attached hydrogen (secondary N) is 1. The van der Waals surface area contributed by atoms with Crippen LogP contribution in [0.2, 0.25) is 0 Å². The van der Waals surface area contributed by atoms with Crippen LogP contribution in [0.15, 0.2) is 29.3 Å². The zero-order valence-electron chi connectivity index (χ0n) is 11.3. The van der Waals surface area contributed by atoms with Crippen molar-refractivity contribution in [1.82, 2.24) is 0 Å². The summed E-state index contributed by atoms with van der Waals surface area (Å²) in [4.78, 5) is 13.7. The Kier molecular flexibility index (Phi) is 9.60. The molecule has 0 atom stereocenters. The molecule has 0 saturated heterocycles. The molecule has 1 aromatic rings. The first kappa shape index (κ1) is 16.7. The molecule has 0 aromatic heterocycles. The Morgan fingerprint density at radius 3 is 2.55 bits per heavy atom. The van der Waals surface area contributed by atoms with Crippen LogP contribution in [-0.4, -0.2) is 45.4 Å². The molecule has 0 aliphatic heterocycles. The van der Waals surface area contributed by atoms with E-state index in [2.05, 4.69) is 27.7 Å². The minimum atomic E-state index is 0.244. The normalized spacial score (nSPS) is 10.1. The van der Waals surface area contributed by atoms with Gasteiger partial charge in [-0.2, -0.15) is 4.99 Å². The lowest BCUT2D eigenvalue weighted by atomic mass is 10.3. The van der Waals surface area contributed by atoms with Crippen LogP contribution in [0.1, 0.15) is 0 Å². The average molecular weight is 298 g/mol. The number of anilines is 1. The standard InChI is InChI=1S/C13H18N2O4S/c1-16-6-7-17-8-9-18-19-10-14-12-2-4-13(5-3-12)15-11-20/h2-5,14H,6-10H2,1H3. The molecule has 110 valence electrons. The average Bonchev–Trinajstić information content (AvgIpc) is 2.47. The van der Waals surface area contributed by atoms with E-state index in [0.29, 0.717) is 26.4 Å². The van der Waals surface area contributed by atoms with Gasteiger partial charge in [0.15, 0.2) is 6.73 Å². The Bertz CT molecular complexity index is 407. The molecule has 1 N–H and O–H groups in total. The third-order valence-corrected chi connectivity index (χ3v) is 2.29. The summed E-state index contributed by atoms with van der Waals surface area (Å²) >= 11 is 4.52. The van der Waals surface area contributed by atoms with Gasteiger partial charge in [-0.15, -0.1) is 0 Å². The molecule has 0 spiro atoms. The minimum Gasteiger partial charge on any atom is -0.382 e. The number of isothiocyanates is 1. The Morgan fingerprint density at radius 2 is 1.85 bits per heavy atom. The fraction of sp³-hybridized carbons (Fsp3) is 0.462. The van der Waals surface area contributed by atoms with Crippen LogP contribution in [0.25, 0.3) is 0 Å². The van der Waals surface area contributed by atoms with Gasteiger partial charge in [0.05, 0.1) is 30.7 Å². The quantitative estimate of drug-likeness (QED) is 0.169. The summed E-state index contributed by atoms with van der Waals surface area (Å²) < 4.78 is 10.0. The Morgan fingerprint density at radius 1 is 1.10 bits per heavy atom. The predicted molar refractivity (Wildman–Crippen MR) is 79.3 cm³/mol. The first-order chi connectivity index (χ1) is 9.86. The Hall–Kier alpha value is -1.34. The highest BCUT2D eigenvalue weighted by Crippen LogP contribution is 2.15.